The third kappa shape index (κ3) is 3.97. The number of hydrogen-bond acceptors (Lipinski definition) is 2. The van der Waals surface area contributed by atoms with Gasteiger partial charge < -0.3 is 5.32 Å². The van der Waals surface area contributed by atoms with Crippen LogP contribution in [-0.4, -0.2) is 29.0 Å². The summed E-state index contributed by atoms with van der Waals surface area (Å²) in [7, 11) is 0. The summed E-state index contributed by atoms with van der Waals surface area (Å²) >= 11 is 0. The maximum Gasteiger partial charge on any atom is 0.416 e. The van der Waals surface area contributed by atoms with Crippen molar-refractivity contribution in [3.8, 4) is 11.3 Å². The minimum absolute atomic E-state index is 0.241. The molecule has 136 valence electrons. The molecule has 0 spiro atoms. The molecule has 0 fully saturated rings. The smallest absolute Gasteiger partial charge is 0.316 e. The average Bonchev–Trinajstić information content (AvgIpc) is 2.66. The van der Waals surface area contributed by atoms with Gasteiger partial charge in [0.1, 0.15) is 6.54 Å². The first kappa shape index (κ1) is 17.8. The number of benzene rings is 1. The van der Waals surface area contributed by atoms with Crippen LogP contribution in [0.15, 0.2) is 24.3 Å². The highest BCUT2D eigenvalue weighted by Gasteiger charge is 2.33. The molecule has 1 aromatic heterocycles. The molecule has 0 atom stereocenters. The minimum Gasteiger partial charge on any atom is -0.316 e. The van der Waals surface area contributed by atoms with Crippen LogP contribution in [0.25, 0.3) is 11.3 Å². The van der Waals surface area contributed by atoms with Gasteiger partial charge in [-0.1, -0.05) is 12.1 Å². The maximum absolute atomic E-state index is 12.9. The van der Waals surface area contributed by atoms with E-state index in [9.17, 15) is 26.3 Å². The van der Waals surface area contributed by atoms with Crippen LogP contribution in [0, 0.1) is 0 Å². The average molecular weight is 363 g/mol. The quantitative estimate of drug-likeness (QED) is 0.823. The number of hydrogen-bond donors (Lipinski definition) is 1. The van der Waals surface area contributed by atoms with E-state index >= 15 is 0 Å². The molecule has 0 aliphatic carbocycles. The summed E-state index contributed by atoms with van der Waals surface area (Å²) < 4.78 is 77.6. The highest BCUT2D eigenvalue weighted by atomic mass is 19.4. The van der Waals surface area contributed by atoms with E-state index in [2.05, 4.69) is 10.4 Å². The zero-order chi connectivity index (χ0) is 18.2. The number of halogens is 6. The van der Waals surface area contributed by atoms with E-state index in [1.807, 2.05) is 0 Å². The molecule has 0 amide bonds. The minimum atomic E-state index is -4.49. The van der Waals surface area contributed by atoms with Gasteiger partial charge in [-0.05, 0) is 25.1 Å². The van der Waals surface area contributed by atoms with Gasteiger partial charge in [-0.3, -0.25) is 4.68 Å². The predicted molar refractivity (Wildman–Crippen MR) is 79.0 cm³/mol. The standard InChI is InChI=1S/C16H15F6N3/c17-15(18,19)9-25-14(12-5-7-23-8-6-13(12)24-25)10-1-3-11(4-2-10)16(20,21)22/h1-4,23H,5-9H2. The molecule has 3 nitrogen and oxygen atoms in total. The van der Waals surface area contributed by atoms with E-state index in [0.29, 0.717) is 42.8 Å². The number of fused-ring (bicyclic) bond motifs is 1. The van der Waals surface area contributed by atoms with Gasteiger partial charge in [0.15, 0.2) is 0 Å². The van der Waals surface area contributed by atoms with Crippen LogP contribution in [0.3, 0.4) is 0 Å². The topological polar surface area (TPSA) is 29.9 Å². The van der Waals surface area contributed by atoms with Crippen LogP contribution in [0.1, 0.15) is 16.8 Å². The van der Waals surface area contributed by atoms with Crippen molar-refractivity contribution >= 4 is 0 Å². The molecule has 9 heteroatoms. The van der Waals surface area contributed by atoms with Crippen molar-refractivity contribution in [1.82, 2.24) is 15.1 Å². The summed E-state index contributed by atoms with van der Waals surface area (Å²) in [4.78, 5) is 0. The molecule has 0 bridgehead atoms. The lowest BCUT2D eigenvalue weighted by molar-refractivity contribution is -0.142. The van der Waals surface area contributed by atoms with E-state index in [0.717, 1.165) is 16.8 Å². The maximum atomic E-state index is 12.9. The van der Waals surface area contributed by atoms with Crippen LogP contribution in [0.4, 0.5) is 26.3 Å². The third-order valence-corrected chi connectivity index (χ3v) is 4.04. The lowest BCUT2D eigenvalue weighted by Gasteiger charge is -2.13. The molecule has 0 unspecified atom stereocenters. The summed E-state index contributed by atoms with van der Waals surface area (Å²) in [6, 6.07) is 4.15. The number of rotatable bonds is 2. The third-order valence-electron chi connectivity index (χ3n) is 4.04. The van der Waals surface area contributed by atoms with E-state index in [-0.39, 0.29) is 5.69 Å². The number of alkyl halides is 6. The van der Waals surface area contributed by atoms with E-state index < -0.39 is 24.5 Å². The molecule has 25 heavy (non-hydrogen) atoms. The predicted octanol–water partition coefficient (Wildman–Crippen LogP) is 3.82. The molecule has 2 heterocycles. The fourth-order valence-electron chi connectivity index (χ4n) is 2.98. The molecule has 0 saturated carbocycles. The summed E-state index contributed by atoms with van der Waals surface area (Å²) in [5, 5.41) is 7.21. The van der Waals surface area contributed by atoms with Gasteiger partial charge in [-0.15, -0.1) is 0 Å². The Balaban J connectivity index is 2.08. The van der Waals surface area contributed by atoms with Crippen molar-refractivity contribution in [3.05, 3.63) is 41.1 Å². The molecule has 1 aromatic carbocycles. The first-order chi connectivity index (χ1) is 11.6. The molecular formula is C16H15F6N3. The van der Waals surface area contributed by atoms with Crippen molar-refractivity contribution in [2.75, 3.05) is 13.1 Å². The molecule has 2 aromatic rings. The lowest BCUT2D eigenvalue weighted by Crippen LogP contribution is -2.21. The van der Waals surface area contributed by atoms with Crippen LogP contribution in [-0.2, 0) is 25.6 Å². The van der Waals surface area contributed by atoms with Crippen LogP contribution < -0.4 is 5.32 Å². The Labute approximate surface area is 139 Å². The second-order valence-electron chi connectivity index (χ2n) is 5.87. The Morgan fingerprint density at radius 3 is 2.20 bits per heavy atom. The molecule has 1 N–H and O–H groups in total. The molecule has 1 aliphatic heterocycles. The van der Waals surface area contributed by atoms with Crippen LogP contribution in [0.2, 0.25) is 0 Å². The van der Waals surface area contributed by atoms with Gasteiger partial charge in [0.05, 0.1) is 17.0 Å². The summed E-state index contributed by atoms with van der Waals surface area (Å²) in [6.45, 7) is -0.0926. The normalized spacial score (nSPS) is 15.8. The molecule has 0 saturated heterocycles. The molecule has 3 rings (SSSR count). The highest BCUT2D eigenvalue weighted by Crippen LogP contribution is 2.34. The van der Waals surface area contributed by atoms with Crippen molar-refractivity contribution in [3.63, 3.8) is 0 Å². The Hall–Kier alpha value is -2.03. The number of nitrogens with zero attached hydrogens (tertiary/aromatic N) is 2. The zero-order valence-electron chi connectivity index (χ0n) is 13.0. The first-order valence-corrected chi connectivity index (χ1v) is 7.69. The Bertz CT molecular complexity index is 743. The SMILES string of the molecule is FC(F)(F)Cn1nc2c(c1-c1ccc(C(F)(F)F)cc1)CCNCC2. The second-order valence-corrected chi connectivity index (χ2v) is 5.87. The van der Waals surface area contributed by atoms with Gasteiger partial charge in [0.2, 0.25) is 0 Å². The molecule has 1 aliphatic rings. The van der Waals surface area contributed by atoms with Crippen molar-refractivity contribution in [2.24, 2.45) is 0 Å². The largest absolute Gasteiger partial charge is 0.416 e. The highest BCUT2D eigenvalue weighted by molar-refractivity contribution is 5.65. The monoisotopic (exact) mass is 363 g/mol. The summed E-state index contributed by atoms with van der Waals surface area (Å²) in [5.74, 6) is 0. The summed E-state index contributed by atoms with van der Waals surface area (Å²) in [5.41, 5.74) is 0.918. The number of aromatic nitrogens is 2. The van der Waals surface area contributed by atoms with Gasteiger partial charge >= 0.3 is 12.4 Å². The fraction of sp³-hybridized carbons (Fsp3) is 0.438. The van der Waals surface area contributed by atoms with Crippen LogP contribution >= 0.6 is 0 Å². The van der Waals surface area contributed by atoms with Gasteiger partial charge in [0.25, 0.3) is 0 Å². The van der Waals surface area contributed by atoms with Crippen LogP contribution in [0.5, 0.6) is 0 Å². The van der Waals surface area contributed by atoms with Crippen molar-refractivity contribution in [1.29, 1.82) is 0 Å². The molecule has 0 radical (unpaired) electrons. The Morgan fingerprint density at radius 1 is 0.960 bits per heavy atom. The van der Waals surface area contributed by atoms with Gasteiger partial charge in [0, 0.05) is 24.1 Å². The van der Waals surface area contributed by atoms with E-state index in [1.165, 1.54) is 12.1 Å². The van der Waals surface area contributed by atoms with Gasteiger partial charge in [-0.25, -0.2) is 0 Å². The zero-order valence-corrected chi connectivity index (χ0v) is 13.0. The van der Waals surface area contributed by atoms with Crippen molar-refractivity contribution < 1.29 is 26.3 Å². The van der Waals surface area contributed by atoms with E-state index in [1.54, 1.807) is 0 Å². The van der Waals surface area contributed by atoms with E-state index in [4.69, 9.17) is 0 Å². The lowest BCUT2D eigenvalue weighted by atomic mass is 10.0. The molecular weight excluding hydrogens is 348 g/mol. The number of nitrogens with one attached hydrogen (secondary N) is 1. The van der Waals surface area contributed by atoms with Gasteiger partial charge in [-0.2, -0.15) is 31.4 Å². The first-order valence-electron chi connectivity index (χ1n) is 7.69. The Morgan fingerprint density at radius 2 is 1.60 bits per heavy atom. The summed E-state index contributed by atoms with van der Waals surface area (Å²) in [6.07, 6.45) is -8.01. The van der Waals surface area contributed by atoms with Crippen molar-refractivity contribution in [2.45, 2.75) is 31.7 Å². The second kappa shape index (κ2) is 6.36. The Kier molecular flexibility index (Phi) is 4.52. The fourth-order valence-corrected chi connectivity index (χ4v) is 2.98.